The third kappa shape index (κ3) is 4.60. The van der Waals surface area contributed by atoms with E-state index < -0.39 is 8.07 Å². The topological polar surface area (TPSA) is 3.88 Å². The highest BCUT2D eigenvalue weighted by Gasteiger charge is 2.33. The Balaban J connectivity index is 1.73. The van der Waals surface area contributed by atoms with E-state index >= 15 is 0 Å². The summed E-state index contributed by atoms with van der Waals surface area (Å²) in [5.41, 5.74) is 7.39. The van der Waals surface area contributed by atoms with Crippen LogP contribution in [0.25, 0.3) is 43.6 Å². The molecule has 1 aliphatic heterocycles. The Kier molecular flexibility index (Phi) is 6.51. The van der Waals surface area contributed by atoms with Gasteiger partial charge in [0.15, 0.2) is 6.20 Å². The minimum atomic E-state index is -1.41. The van der Waals surface area contributed by atoms with Crippen LogP contribution in [0.15, 0.2) is 64.5 Å². The van der Waals surface area contributed by atoms with Crippen molar-refractivity contribution in [2.45, 2.75) is 83.8 Å². The Morgan fingerprint density at radius 1 is 0.875 bits per heavy atom. The molecule has 0 aliphatic carbocycles. The fourth-order valence-electron chi connectivity index (χ4n) is 6.67. The molecule has 0 atom stereocenters. The van der Waals surface area contributed by atoms with Gasteiger partial charge in [0.25, 0.3) is 0 Å². The molecule has 0 amide bonds. The lowest BCUT2D eigenvalue weighted by Crippen LogP contribution is -2.37. The van der Waals surface area contributed by atoms with Crippen molar-refractivity contribution >= 4 is 57.3 Å². The van der Waals surface area contributed by atoms with Gasteiger partial charge < -0.3 is 0 Å². The Bertz CT molecular complexity index is 1830. The molecule has 0 fully saturated rings. The number of nitrogens with zero attached hydrogens (tertiary/aromatic N) is 1. The van der Waals surface area contributed by atoms with Crippen LogP contribution < -0.4 is 9.75 Å². The monoisotopic (exact) mass is 562 g/mol. The first-order chi connectivity index (χ1) is 18.7. The van der Waals surface area contributed by atoms with Crippen LogP contribution in [-0.2, 0) is 19.9 Å². The van der Waals surface area contributed by atoms with Gasteiger partial charge in [-0.25, -0.2) is 4.57 Å². The van der Waals surface area contributed by atoms with Crippen LogP contribution in [0.5, 0.6) is 0 Å². The molecule has 0 unspecified atom stereocenters. The summed E-state index contributed by atoms with van der Waals surface area (Å²) in [5, 5.41) is 9.95. The van der Waals surface area contributed by atoms with Gasteiger partial charge in [-0.2, -0.15) is 0 Å². The number of benzene rings is 4. The quantitative estimate of drug-likeness (QED) is 0.117. The van der Waals surface area contributed by atoms with Gasteiger partial charge in [-0.15, -0.1) is 0 Å². The fraction of sp³-hybridized carbons (Fsp3) is 0.378. The van der Waals surface area contributed by atoms with Crippen molar-refractivity contribution in [3.63, 3.8) is 0 Å². The highest BCUT2D eigenvalue weighted by atomic mass is 32.2. The normalized spacial score (nSPS) is 13.6. The Morgan fingerprint density at radius 2 is 1.60 bits per heavy atom. The number of fused-ring (bicyclic) bond motifs is 5. The van der Waals surface area contributed by atoms with Gasteiger partial charge in [0.05, 0.1) is 19.0 Å². The van der Waals surface area contributed by atoms with Gasteiger partial charge in [0.1, 0.15) is 7.05 Å². The molecule has 5 aromatic rings. The highest BCUT2D eigenvalue weighted by Crippen LogP contribution is 2.53. The van der Waals surface area contributed by atoms with E-state index in [1.165, 1.54) is 75.2 Å². The van der Waals surface area contributed by atoms with Crippen LogP contribution in [-0.4, -0.2) is 8.07 Å². The highest BCUT2D eigenvalue weighted by molar-refractivity contribution is 8.00. The summed E-state index contributed by atoms with van der Waals surface area (Å²) in [6.45, 7) is 21.5. The first kappa shape index (κ1) is 27.5. The molecule has 2 heterocycles. The summed E-state index contributed by atoms with van der Waals surface area (Å²) in [4.78, 5) is 2.87. The molecule has 4 aromatic carbocycles. The van der Waals surface area contributed by atoms with E-state index in [0.717, 1.165) is 12.8 Å². The van der Waals surface area contributed by atoms with Crippen molar-refractivity contribution in [3.8, 4) is 11.3 Å². The zero-order valence-corrected chi connectivity index (χ0v) is 27.9. The smallest absolute Gasteiger partial charge is 0.200 e. The molecule has 0 N–H and O–H groups in total. The van der Waals surface area contributed by atoms with E-state index in [4.69, 9.17) is 0 Å². The third-order valence-electron chi connectivity index (χ3n) is 8.55. The van der Waals surface area contributed by atoms with Crippen molar-refractivity contribution < 1.29 is 4.57 Å². The van der Waals surface area contributed by atoms with Crippen molar-refractivity contribution in [2.24, 2.45) is 18.4 Å². The minimum absolute atomic E-state index is 0.192. The second-order valence-corrected chi connectivity index (χ2v) is 20.9. The molecule has 0 spiro atoms. The average molecular weight is 563 g/mol. The summed E-state index contributed by atoms with van der Waals surface area (Å²) < 4.78 is 2.38. The van der Waals surface area contributed by atoms with E-state index in [1.54, 1.807) is 0 Å². The van der Waals surface area contributed by atoms with Gasteiger partial charge in [0.2, 0.25) is 5.69 Å². The molecule has 1 aromatic heterocycles. The standard InChI is InChI=1S/C37H44NSSi/c1-22(2)17-24-11-13-28-30(18-24)23(3)33-35-34-29(15-16-38(35)7)27-14-12-26(40(8,9)10)19-25(27)20-32(34)39-36(33)31(28)21-37(4,5)6/h11-16,18-20,22H,17,21H2,1-10H3/q+1. The molecule has 0 saturated carbocycles. The number of aromatic nitrogens is 1. The van der Waals surface area contributed by atoms with E-state index in [2.05, 4.69) is 128 Å². The molecule has 6 rings (SSSR count). The first-order valence-electron chi connectivity index (χ1n) is 14.9. The summed E-state index contributed by atoms with van der Waals surface area (Å²) in [6, 6.07) is 19.4. The average Bonchev–Trinajstić information content (AvgIpc) is 2.85. The number of hydrogen-bond acceptors (Lipinski definition) is 1. The lowest BCUT2D eigenvalue weighted by molar-refractivity contribution is -0.659. The number of hydrogen-bond donors (Lipinski definition) is 0. The van der Waals surface area contributed by atoms with Crippen LogP contribution in [0.4, 0.5) is 0 Å². The van der Waals surface area contributed by atoms with Crippen molar-refractivity contribution in [1.29, 1.82) is 0 Å². The molecule has 206 valence electrons. The van der Waals surface area contributed by atoms with Crippen LogP contribution >= 0.6 is 11.8 Å². The lowest BCUT2D eigenvalue weighted by Gasteiger charge is -2.28. The zero-order valence-electron chi connectivity index (χ0n) is 26.0. The number of aryl methyl sites for hydroxylation is 2. The van der Waals surface area contributed by atoms with Crippen LogP contribution in [0.3, 0.4) is 0 Å². The predicted molar refractivity (Wildman–Crippen MR) is 179 cm³/mol. The summed E-state index contributed by atoms with van der Waals surface area (Å²) in [6.07, 6.45) is 4.47. The molecular weight excluding hydrogens is 519 g/mol. The van der Waals surface area contributed by atoms with E-state index in [-0.39, 0.29) is 5.41 Å². The van der Waals surface area contributed by atoms with E-state index in [1.807, 2.05) is 11.8 Å². The van der Waals surface area contributed by atoms with E-state index in [0.29, 0.717) is 5.92 Å². The predicted octanol–water partition coefficient (Wildman–Crippen LogP) is 9.74. The summed E-state index contributed by atoms with van der Waals surface area (Å²) in [7, 11) is 0.826. The molecular formula is C37H44NSSi+. The summed E-state index contributed by atoms with van der Waals surface area (Å²) >= 11 is 2.02. The first-order valence-corrected chi connectivity index (χ1v) is 19.2. The Labute approximate surface area is 246 Å². The minimum Gasteiger partial charge on any atom is -0.200 e. The van der Waals surface area contributed by atoms with Crippen LogP contribution in [0, 0.1) is 18.3 Å². The van der Waals surface area contributed by atoms with Crippen molar-refractivity contribution in [3.05, 3.63) is 71.4 Å². The fourth-order valence-corrected chi connectivity index (χ4v) is 9.21. The van der Waals surface area contributed by atoms with Gasteiger partial charge in [-0.05, 0) is 75.4 Å². The second-order valence-electron chi connectivity index (χ2n) is 14.7. The molecule has 0 bridgehead atoms. The van der Waals surface area contributed by atoms with Crippen molar-refractivity contribution in [2.75, 3.05) is 0 Å². The largest absolute Gasteiger partial charge is 0.222 e. The zero-order chi connectivity index (χ0) is 28.7. The van der Waals surface area contributed by atoms with Crippen LogP contribution in [0.1, 0.15) is 51.3 Å². The van der Waals surface area contributed by atoms with Crippen molar-refractivity contribution in [1.82, 2.24) is 0 Å². The molecule has 1 nitrogen and oxygen atoms in total. The lowest BCUT2D eigenvalue weighted by atomic mass is 9.82. The number of pyridine rings is 1. The second kappa shape index (κ2) is 9.46. The van der Waals surface area contributed by atoms with Gasteiger partial charge in [0, 0.05) is 21.2 Å². The maximum absolute atomic E-state index is 2.50. The molecule has 3 heteroatoms. The van der Waals surface area contributed by atoms with Gasteiger partial charge >= 0.3 is 0 Å². The maximum atomic E-state index is 2.50. The SMILES string of the molecule is Cc1c2c(c(CC(C)(C)C)c3ccc(CC(C)C)cc13)Sc1cc3cc([Si](C)(C)C)ccc3c3cc[n+](C)c-2c13. The van der Waals surface area contributed by atoms with Crippen LogP contribution in [0.2, 0.25) is 19.6 Å². The molecule has 1 aliphatic rings. The maximum Gasteiger partial charge on any atom is 0.222 e. The molecule has 40 heavy (non-hydrogen) atoms. The molecule has 0 saturated heterocycles. The van der Waals surface area contributed by atoms with Gasteiger partial charge in [-0.3, -0.25) is 0 Å². The Morgan fingerprint density at radius 3 is 2.27 bits per heavy atom. The van der Waals surface area contributed by atoms with Gasteiger partial charge in [-0.1, -0.05) is 108 Å². The number of rotatable bonds is 4. The molecule has 0 radical (unpaired) electrons. The summed E-state index contributed by atoms with van der Waals surface area (Å²) in [5.74, 6) is 0.646. The van der Waals surface area contributed by atoms with E-state index in [9.17, 15) is 0 Å². The third-order valence-corrected chi connectivity index (χ3v) is 11.8. The Hall–Kier alpha value is -2.62.